The molecule has 0 aliphatic carbocycles. The monoisotopic (exact) mass is 309 g/mol. The number of hydrogen-bond acceptors (Lipinski definition) is 4. The van der Waals surface area contributed by atoms with Gasteiger partial charge in [0.1, 0.15) is 11.4 Å². The van der Waals surface area contributed by atoms with Gasteiger partial charge in [-0.2, -0.15) is 0 Å². The van der Waals surface area contributed by atoms with Gasteiger partial charge in [-0.05, 0) is 45.2 Å². The fourth-order valence-corrected chi connectivity index (χ4v) is 1.88. The quantitative estimate of drug-likeness (QED) is 0.725. The number of amides is 1. The number of aliphatic hydroxyl groups is 1. The molecule has 2 N–H and O–H groups in total. The molecule has 1 aromatic carbocycles. The minimum absolute atomic E-state index is 0.127. The summed E-state index contributed by atoms with van der Waals surface area (Å²) in [5, 5.41) is 11.5. The zero-order valence-electron chi connectivity index (χ0n) is 13.7. The lowest BCUT2D eigenvalue weighted by Gasteiger charge is -2.19. The number of carbonyl (C=O) groups is 1. The van der Waals surface area contributed by atoms with Gasteiger partial charge >= 0.3 is 6.09 Å². The van der Waals surface area contributed by atoms with Crippen molar-refractivity contribution in [2.75, 3.05) is 19.8 Å². The molecule has 0 saturated carbocycles. The van der Waals surface area contributed by atoms with Gasteiger partial charge in [-0.25, -0.2) is 4.79 Å². The number of aryl methyl sites for hydroxylation is 1. The number of benzene rings is 1. The lowest BCUT2D eigenvalue weighted by molar-refractivity contribution is 0.0527. The molecule has 5 nitrogen and oxygen atoms in total. The summed E-state index contributed by atoms with van der Waals surface area (Å²) in [6, 6.07) is 7.84. The van der Waals surface area contributed by atoms with Crippen LogP contribution >= 0.6 is 0 Å². The third-order valence-electron chi connectivity index (χ3n) is 2.82. The molecular weight excluding hydrogens is 282 g/mol. The Labute approximate surface area is 132 Å². The van der Waals surface area contributed by atoms with Gasteiger partial charge in [0, 0.05) is 19.6 Å². The number of aliphatic hydroxyl groups excluding tert-OH is 1. The van der Waals surface area contributed by atoms with E-state index < -0.39 is 5.60 Å². The highest BCUT2D eigenvalue weighted by Gasteiger charge is 2.15. The van der Waals surface area contributed by atoms with Crippen LogP contribution in [-0.4, -0.2) is 36.6 Å². The molecule has 0 radical (unpaired) electrons. The van der Waals surface area contributed by atoms with Gasteiger partial charge < -0.3 is 19.9 Å². The summed E-state index contributed by atoms with van der Waals surface area (Å²) in [5.74, 6) is 0.841. The lowest BCUT2D eigenvalue weighted by Crippen LogP contribution is -2.33. The maximum absolute atomic E-state index is 11.5. The number of para-hydroxylation sites is 1. The first kappa shape index (κ1) is 18.3. The van der Waals surface area contributed by atoms with Crippen LogP contribution in [0.15, 0.2) is 24.3 Å². The Morgan fingerprint density at radius 1 is 1.23 bits per heavy atom. The summed E-state index contributed by atoms with van der Waals surface area (Å²) >= 11 is 0. The maximum atomic E-state index is 11.5. The predicted octanol–water partition coefficient (Wildman–Crippen LogP) is 2.91. The van der Waals surface area contributed by atoms with Crippen molar-refractivity contribution >= 4 is 6.09 Å². The van der Waals surface area contributed by atoms with Gasteiger partial charge in [-0.3, -0.25) is 0 Å². The summed E-state index contributed by atoms with van der Waals surface area (Å²) in [5.41, 5.74) is 0.628. The van der Waals surface area contributed by atoms with Crippen LogP contribution in [0.4, 0.5) is 4.79 Å². The van der Waals surface area contributed by atoms with Gasteiger partial charge in [0.25, 0.3) is 0 Å². The van der Waals surface area contributed by atoms with Crippen molar-refractivity contribution in [1.29, 1.82) is 0 Å². The van der Waals surface area contributed by atoms with Gasteiger partial charge in [-0.15, -0.1) is 0 Å². The molecule has 0 bridgehead atoms. The molecule has 5 heteroatoms. The van der Waals surface area contributed by atoms with Crippen molar-refractivity contribution in [1.82, 2.24) is 5.32 Å². The Hall–Kier alpha value is -1.75. The molecule has 1 rings (SSSR count). The minimum Gasteiger partial charge on any atom is -0.493 e. The standard InChI is InChI=1S/C17H27NO4/c1-17(2,3)22-16(20)18-11-6-9-14-8-4-5-10-15(14)21-13-7-12-19/h4-5,8,10,19H,6-7,9,11-13H2,1-3H3,(H,18,20). The second-order valence-corrected chi connectivity index (χ2v) is 6.07. The van der Waals surface area contributed by atoms with Gasteiger partial charge in [-0.1, -0.05) is 18.2 Å². The molecule has 0 heterocycles. The second-order valence-electron chi connectivity index (χ2n) is 6.07. The third kappa shape index (κ3) is 7.88. The van der Waals surface area contributed by atoms with E-state index in [0.29, 0.717) is 19.6 Å². The van der Waals surface area contributed by atoms with E-state index in [2.05, 4.69) is 5.32 Å². The first-order chi connectivity index (χ1) is 10.4. The van der Waals surface area contributed by atoms with E-state index in [1.807, 2.05) is 45.0 Å². The molecule has 1 amide bonds. The van der Waals surface area contributed by atoms with Crippen LogP contribution in [0.1, 0.15) is 39.2 Å². The number of carbonyl (C=O) groups excluding carboxylic acids is 1. The normalized spacial score (nSPS) is 11.1. The number of alkyl carbamates (subject to hydrolysis) is 1. The molecule has 22 heavy (non-hydrogen) atoms. The first-order valence-electron chi connectivity index (χ1n) is 7.71. The van der Waals surface area contributed by atoms with Crippen LogP contribution in [-0.2, 0) is 11.2 Å². The van der Waals surface area contributed by atoms with E-state index in [4.69, 9.17) is 14.6 Å². The number of hydrogen-bond donors (Lipinski definition) is 2. The Morgan fingerprint density at radius 3 is 2.64 bits per heavy atom. The van der Waals surface area contributed by atoms with Crippen molar-refractivity contribution in [2.45, 2.75) is 45.6 Å². The highest BCUT2D eigenvalue weighted by Crippen LogP contribution is 2.19. The SMILES string of the molecule is CC(C)(C)OC(=O)NCCCc1ccccc1OCCCO. The van der Waals surface area contributed by atoms with Crippen LogP contribution in [0, 0.1) is 0 Å². The third-order valence-corrected chi connectivity index (χ3v) is 2.82. The molecule has 124 valence electrons. The molecule has 0 saturated heterocycles. The zero-order chi connectivity index (χ0) is 16.4. The first-order valence-corrected chi connectivity index (χ1v) is 7.71. The Bertz CT molecular complexity index is 454. The summed E-state index contributed by atoms with van der Waals surface area (Å²) in [7, 11) is 0. The molecule has 0 fully saturated rings. The number of ether oxygens (including phenoxy) is 2. The fourth-order valence-electron chi connectivity index (χ4n) is 1.88. The number of nitrogens with one attached hydrogen (secondary N) is 1. The maximum Gasteiger partial charge on any atom is 0.407 e. The van der Waals surface area contributed by atoms with E-state index in [1.54, 1.807) is 0 Å². The molecular formula is C17H27NO4. The van der Waals surface area contributed by atoms with Crippen molar-refractivity contribution in [3.8, 4) is 5.75 Å². The predicted molar refractivity (Wildman–Crippen MR) is 86.2 cm³/mol. The van der Waals surface area contributed by atoms with Crippen LogP contribution < -0.4 is 10.1 Å². The Kier molecular flexibility index (Phi) is 7.74. The highest BCUT2D eigenvalue weighted by molar-refractivity contribution is 5.67. The highest BCUT2D eigenvalue weighted by atomic mass is 16.6. The largest absolute Gasteiger partial charge is 0.493 e. The van der Waals surface area contributed by atoms with Crippen LogP contribution in [0.5, 0.6) is 5.75 Å². The lowest BCUT2D eigenvalue weighted by atomic mass is 10.1. The van der Waals surface area contributed by atoms with Gasteiger partial charge in [0.15, 0.2) is 0 Å². The average Bonchev–Trinajstić information content (AvgIpc) is 2.43. The van der Waals surface area contributed by atoms with E-state index in [1.165, 1.54) is 0 Å². The molecule has 0 spiro atoms. The van der Waals surface area contributed by atoms with Crippen molar-refractivity contribution in [2.24, 2.45) is 0 Å². The zero-order valence-corrected chi connectivity index (χ0v) is 13.7. The molecule has 1 aromatic rings. The molecule has 0 aliphatic rings. The van der Waals surface area contributed by atoms with E-state index in [-0.39, 0.29) is 12.7 Å². The fraction of sp³-hybridized carbons (Fsp3) is 0.588. The Morgan fingerprint density at radius 2 is 1.95 bits per heavy atom. The van der Waals surface area contributed by atoms with Crippen molar-refractivity contribution in [3.63, 3.8) is 0 Å². The molecule has 0 atom stereocenters. The summed E-state index contributed by atoms with van der Waals surface area (Å²) in [6.45, 7) is 6.71. The Balaban J connectivity index is 2.34. The minimum atomic E-state index is -0.475. The molecule has 0 unspecified atom stereocenters. The van der Waals surface area contributed by atoms with Crippen LogP contribution in [0.25, 0.3) is 0 Å². The summed E-state index contributed by atoms with van der Waals surface area (Å²) in [4.78, 5) is 11.5. The van der Waals surface area contributed by atoms with Crippen molar-refractivity contribution in [3.05, 3.63) is 29.8 Å². The van der Waals surface area contributed by atoms with Gasteiger partial charge in [0.05, 0.1) is 6.61 Å². The van der Waals surface area contributed by atoms with Crippen molar-refractivity contribution < 1.29 is 19.4 Å². The smallest absolute Gasteiger partial charge is 0.407 e. The van der Waals surface area contributed by atoms with E-state index in [9.17, 15) is 4.79 Å². The van der Waals surface area contributed by atoms with Gasteiger partial charge in [0.2, 0.25) is 0 Å². The second kappa shape index (κ2) is 9.30. The number of rotatable bonds is 8. The van der Waals surface area contributed by atoms with E-state index in [0.717, 1.165) is 24.2 Å². The summed E-state index contributed by atoms with van der Waals surface area (Å²) in [6.07, 6.45) is 1.85. The van der Waals surface area contributed by atoms with Crippen LogP contribution in [0.3, 0.4) is 0 Å². The summed E-state index contributed by atoms with van der Waals surface area (Å²) < 4.78 is 10.8. The average molecular weight is 309 g/mol. The molecule has 0 aromatic heterocycles. The topological polar surface area (TPSA) is 67.8 Å². The van der Waals surface area contributed by atoms with Crippen LogP contribution in [0.2, 0.25) is 0 Å². The van der Waals surface area contributed by atoms with E-state index >= 15 is 0 Å². The molecule has 0 aliphatic heterocycles.